The van der Waals surface area contributed by atoms with Crippen LogP contribution in [0.3, 0.4) is 0 Å². The largest absolute Gasteiger partial charge is 0.450 e. The molecule has 1 aliphatic rings. The summed E-state index contributed by atoms with van der Waals surface area (Å²) in [5.74, 6) is -1.06. The quantitative estimate of drug-likeness (QED) is 0.495. The number of aryl methyl sites for hydroxylation is 1. The van der Waals surface area contributed by atoms with Crippen LogP contribution in [0.15, 0.2) is 63.3 Å². The van der Waals surface area contributed by atoms with Crippen LogP contribution in [0, 0.1) is 5.82 Å². The van der Waals surface area contributed by atoms with Gasteiger partial charge in [0.05, 0.1) is 10.9 Å². The first-order valence-electron chi connectivity index (χ1n) is 9.17. The van der Waals surface area contributed by atoms with Crippen molar-refractivity contribution in [2.45, 2.75) is 19.4 Å². The Hall–Kier alpha value is -3.32. The molecule has 0 fully saturated rings. The van der Waals surface area contributed by atoms with E-state index in [1.165, 1.54) is 22.3 Å². The van der Waals surface area contributed by atoms with E-state index < -0.39 is 17.8 Å². The maximum atomic E-state index is 14.8. The van der Waals surface area contributed by atoms with E-state index in [1.807, 2.05) is 13.0 Å². The average Bonchev–Trinajstić information content (AvgIpc) is 3.35. The molecule has 0 radical (unpaired) electrons. The highest BCUT2D eigenvalue weighted by atomic mass is 32.1. The Morgan fingerprint density at radius 1 is 1.21 bits per heavy atom. The van der Waals surface area contributed by atoms with Crippen molar-refractivity contribution in [2.24, 2.45) is 0 Å². The van der Waals surface area contributed by atoms with Gasteiger partial charge in [0.25, 0.3) is 5.91 Å². The third-order valence-electron chi connectivity index (χ3n) is 5.17. The Morgan fingerprint density at radius 3 is 2.76 bits per heavy atom. The molecule has 1 aliphatic heterocycles. The van der Waals surface area contributed by atoms with Gasteiger partial charge in [-0.25, -0.2) is 9.37 Å². The summed E-state index contributed by atoms with van der Waals surface area (Å²) >= 11 is 1.24. The maximum Gasteiger partial charge on any atom is 0.297 e. The predicted octanol–water partition coefficient (Wildman–Crippen LogP) is 4.70. The Bertz CT molecular complexity index is 1310. The molecular weight excluding hydrogens is 391 g/mol. The predicted molar refractivity (Wildman–Crippen MR) is 109 cm³/mol. The van der Waals surface area contributed by atoms with Gasteiger partial charge in [-0.15, -0.1) is 11.3 Å². The summed E-state index contributed by atoms with van der Waals surface area (Å²) in [5.41, 5.74) is 1.38. The SMILES string of the molecule is CCc1ccc2oc3c(c(=O)c2c1)C(c1ccccc1F)N(c1nccs1)C3=O. The van der Waals surface area contributed by atoms with E-state index >= 15 is 0 Å². The number of thiazole rings is 1. The third kappa shape index (κ3) is 2.61. The highest BCUT2D eigenvalue weighted by Crippen LogP contribution is 2.42. The fourth-order valence-electron chi connectivity index (χ4n) is 3.76. The van der Waals surface area contributed by atoms with Crippen molar-refractivity contribution in [3.8, 4) is 0 Å². The number of benzene rings is 2. The second-order valence-corrected chi connectivity index (χ2v) is 7.64. The van der Waals surface area contributed by atoms with Gasteiger partial charge in [0, 0.05) is 17.1 Å². The average molecular weight is 406 g/mol. The topological polar surface area (TPSA) is 63.4 Å². The van der Waals surface area contributed by atoms with E-state index in [9.17, 15) is 14.0 Å². The molecule has 0 saturated heterocycles. The lowest BCUT2D eigenvalue weighted by molar-refractivity contribution is 0.0970. The molecule has 144 valence electrons. The van der Waals surface area contributed by atoms with Gasteiger partial charge in [0.1, 0.15) is 17.4 Å². The molecule has 0 N–H and O–H groups in total. The second kappa shape index (κ2) is 6.63. The third-order valence-corrected chi connectivity index (χ3v) is 5.94. The first-order valence-corrected chi connectivity index (χ1v) is 10.0. The van der Waals surface area contributed by atoms with Crippen molar-refractivity contribution in [1.29, 1.82) is 0 Å². The summed E-state index contributed by atoms with van der Waals surface area (Å²) < 4.78 is 20.6. The molecule has 29 heavy (non-hydrogen) atoms. The van der Waals surface area contributed by atoms with Gasteiger partial charge in [0.15, 0.2) is 10.6 Å². The van der Waals surface area contributed by atoms with Gasteiger partial charge in [-0.2, -0.15) is 0 Å². The molecule has 1 unspecified atom stereocenters. The minimum absolute atomic E-state index is 0.0600. The van der Waals surface area contributed by atoms with Crippen molar-refractivity contribution in [2.75, 3.05) is 4.90 Å². The van der Waals surface area contributed by atoms with Gasteiger partial charge in [0.2, 0.25) is 5.76 Å². The normalized spacial score (nSPS) is 15.9. The fourth-order valence-corrected chi connectivity index (χ4v) is 4.43. The van der Waals surface area contributed by atoms with Crippen LogP contribution < -0.4 is 10.3 Å². The van der Waals surface area contributed by atoms with Crippen LogP contribution in [-0.4, -0.2) is 10.9 Å². The molecule has 1 amide bonds. The van der Waals surface area contributed by atoms with Crippen LogP contribution in [0.4, 0.5) is 9.52 Å². The Morgan fingerprint density at radius 2 is 2.03 bits per heavy atom. The summed E-state index contributed by atoms with van der Waals surface area (Å²) in [6.45, 7) is 1.99. The molecule has 2 aromatic carbocycles. The summed E-state index contributed by atoms with van der Waals surface area (Å²) in [7, 11) is 0. The van der Waals surface area contributed by atoms with Crippen molar-refractivity contribution >= 4 is 33.3 Å². The molecule has 4 aromatic rings. The lowest BCUT2D eigenvalue weighted by Crippen LogP contribution is -2.29. The maximum absolute atomic E-state index is 14.8. The summed E-state index contributed by atoms with van der Waals surface area (Å²) in [6, 6.07) is 10.5. The van der Waals surface area contributed by atoms with Gasteiger partial charge in [-0.05, 0) is 30.2 Å². The van der Waals surface area contributed by atoms with E-state index in [-0.39, 0.29) is 22.3 Å². The number of hydrogen-bond donors (Lipinski definition) is 0. The lowest BCUT2D eigenvalue weighted by Gasteiger charge is -2.22. The standard InChI is InChI=1S/C22H15FN2O3S/c1-2-12-7-8-16-14(11-12)19(26)17-18(13-5-3-4-6-15(13)23)25(21(27)20(17)28-16)22-24-9-10-29-22/h3-11,18H,2H2,1H3. The minimum Gasteiger partial charge on any atom is -0.450 e. The molecule has 1 atom stereocenters. The van der Waals surface area contributed by atoms with E-state index in [0.29, 0.717) is 16.1 Å². The van der Waals surface area contributed by atoms with Crippen molar-refractivity contribution in [3.05, 3.63) is 92.5 Å². The zero-order chi connectivity index (χ0) is 20.1. The van der Waals surface area contributed by atoms with E-state index in [2.05, 4.69) is 4.98 Å². The molecule has 0 aliphatic carbocycles. The number of hydrogen-bond acceptors (Lipinski definition) is 5. The van der Waals surface area contributed by atoms with Crippen molar-refractivity contribution in [1.82, 2.24) is 4.98 Å². The molecular formula is C22H15FN2O3S. The smallest absolute Gasteiger partial charge is 0.297 e. The molecule has 0 bridgehead atoms. The zero-order valence-electron chi connectivity index (χ0n) is 15.4. The second-order valence-electron chi connectivity index (χ2n) is 6.77. The molecule has 5 rings (SSSR count). The molecule has 3 heterocycles. The Labute approximate surface area is 169 Å². The Kier molecular flexibility index (Phi) is 4.06. The van der Waals surface area contributed by atoms with E-state index in [4.69, 9.17) is 4.42 Å². The number of rotatable bonds is 3. The number of aromatic nitrogens is 1. The summed E-state index contributed by atoms with van der Waals surface area (Å²) in [4.78, 5) is 32.3. The number of nitrogens with zero attached hydrogens (tertiary/aromatic N) is 2. The number of anilines is 1. The van der Waals surface area contributed by atoms with Crippen molar-refractivity contribution < 1.29 is 13.6 Å². The van der Waals surface area contributed by atoms with Crippen LogP contribution in [-0.2, 0) is 6.42 Å². The molecule has 0 spiro atoms. The van der Waals surface area contributed by atoms with Gasteiger partial charge >= 0.3 is 0 Å². The first-order chi connectivity index (χ1) is 14.1. The van der Waals surface area contributed by atoms with Gasteiger partial charge in [-0.3, -0.25) is 14.5 Å². The van der Waals surface area contributed by atoms with Gasteiger partial charge in [-0.1, -0.05) is 31.2 Å². The number of amides is 1. The van der Waals surface area contributed by atoms with Crippen LogP contribution >= 0.6 is 11.3 Å². The van der Waals surface area contributed by atoms with E-state index in [1.54, 1.807) is 41.9 Å². The molecule has 2 aromatic heterocycles. The molecule has 7 heteroatoms. The van der Waals surface area contributed by atoms with Crippen LogP contribution in [0.25, 0.3) is 11.0 Å². The van der Waals surface area contributed by atoms with E-state index in [0.717, 1.165) is 12.0 Å². The molecule has 5 nitrogen and oxygen atoms in total. The van der Waals surface area contributed by atoms with Crippen LogP contribution in [0.1, 0.15) is 40.2 Å². The van der Waals surface area contributed by atoms with Crippen LogP contribution in [0.2, 0.25) is 0 Å². The number of carbonyl (C=O) groups is 1. The number of fused-ring (bicyclic) bond motifs is 2. The summed E-state index contributed by atoms with van der Waals surface area (Å²) in [5, 5.41) is 2.49. The Balaban J connectivity index is 1.85. The number of carbonyl (C=O) groups excluding carboxylic acids is 1. The highest BCUT2D eigenvalue weighted by molar-refractivity contribution is 7.13. The zero-order valence-corrected chi connectivity index (χ0v) is 16.2. The number of halogens is 1. The first kappa shape index (κ1) is 17.8. The summed E-state index contributed by atoms with van der Waals surface area (Å²) in [6.07, 6.45) is 2.32. The fraction of sp³-hybridized carbons (Fsp3) is 0.136. The monoisotopic (exact) mass is 406 g/mol. The van der Waals surface area contributed by atoms with Crippen LogP contribution in [0.5, 0.6) is 0 Å². The minimum atomic E-state index is -0.934. The van der Waals surface area contributed by atoms with Crippen molar-refractivity contribution in [3.63, 3.8) is 0 Å². The lowest BCUT2D eigenvalue weighted by atomic mass is 9.97. The van der Waals surface area contributed by atoms with Gasteiger partial charge < -0.3 is 4.42 Å². The highest BCUT2D eigenvalue weighted by Gasteiger charge is 2.45. The molecule has 0 saturated carbocycles.